The molecule has 0 saturated heterocycles. The molecule has 0 aromatic heterocycles. The van der Waals surface area contributed by atoms with Crippen LogP contribution in [0, 0.1) is 0 Å². The summed E-state index contributed by atoms with van der Waals surface area (Å²) in [5.41, 5.74) is -0.789. The molecule has 2 aromatic rings. The quantitative estimate of drug-likeness (QED) is 0.806. The molecule has 0 radical (unpaired) electrons. The van der Waals surface area contributed by atoms with Gasteiger partial charge in [-0.05, 0) is 36.4 Å². The monoisotopic (exact) mass is 348 g/mol. The molecule has 0 aliphatic carbocycles. The summed E-state index contributed by atoms with van der Waals surface area (Å²) in [4.78, 5) is 23.9. The summed E-state index contributed by atoms with van der Waals surface area (Å²) in [5.74, 6) is -1.04. The number of benzene rings is 2. The highest BCUT2D eigenvalue weighted by molar-refractivity contribution is 6.05. The van der Waals surface area contributed by atoms with Crippen molar-refractivity contribution in [3.05, 3.63) is 77.9 Å². The molecule has 2 amide bonds. The molecule has 25 heavy (non-hydrogen) atoms. The van der Waals surface area contributed by atoms with Crippen molar-refractivity contribution in [2.24, 2.45) is 0 Å². The number of para-hydroxylation sites is 1. The van der Waals surface area contributed by atoms with Gasteiger partial charge >= 0.3 is 6.18 Å². The number of anilines is 1. The average Bonchev–Trinajstić information content (AvgIpc) is 2.59. The van der Waals surface area contributed by atoms with E-state index in [0.717, 1.165) is 6.07 Å². The van der Waals surface area contributed by atoms with Gasteiger partial charge in [0.1, 0.15) is 0 Å². The fraction of sp³-hybridized carbons (Fsp3) is 0.111. The second-order valence-corrected chi connectivity index (χ2v) is 5.07. The minimum Gasteiger partial charge on any atom is -0.349 e. The maximum Gasteiger partial charge on any atom is 0.418 e. The first-order valence-corrected chi connectivity index (χ1v) is 7.29. The molecule has 0 spiro atoms. The highest BCUT2D eigenvalue weighted by Crippen LogP contribution is 2.34. The van der Waals surface area contributed by atoms with Gasteiger partial charge in [-0.1, -0.05) is 18.2 Å². The van der Waals surface area contributed by atoms with E-state index >= 15 is 0 Å². The fourth-order valence-corrected chi connectivity index (χ4v) is 2.07. The van der Waals surface area contributed by atoms with E-state index in [9.17, 15) is 22.8 Å². The molecule has 4 nitrogen and oxygen atoms in total. The molecule has 2 N–H and O–H groups in total. The van der Waals surface area contributed by atoms with Crippen LogP contribution >= 0.6 is 0 Å². The van der Waals surface area contributed by atoms with Crippen LogP contribution in [0.3, 0.4) is 0 Å². The van der Waals surface area contributed by atoms with Gasteiger partial charge in [-0.25, -0.2) is 0 Å². The van der Waals surface area contributed by atoms with Crippen LogP contribution in [0.25, 0.3) is 0 Å². The van der Waals surface area contributed by atoms with Crippen LogP contribution in [0.4, 0.5) is 18.9 Å². The number of amides is 2. The highest BCUT2D eigenvalue weighted by Gasteiger charge is 2.33. The van der Waals surface area contributed by atoms with Crippen LogP contribution < -0.4 is 10.6 Å². The molecule has 0 fully saturated rings. The van der Waals surface area contributed by atoms with Gasteiger partial charge in [0.25, 0.3) is 11.8 Å². The number of carbonyl (C=O) groups excluding carboxylic acids is 2. The first-order valence-electron chi connectivity index (χ1n) is 7.29. The van der Waals surface area contributed by atoms with Crippen molar-refractivity contribution in [3.63, 3.8) is 0 Å². The molecule has 0 aliphatic heterocycles. The van der Waals surface area contributed by atoms with E-state index in [1.165, 1.54) is 48.5 Å². The van der Waals surface area contributed by atoms with E-state index in [-0.39, 0.29) is 17.2 Å². The Kier molecular flexibility index (Phi) is 5.59. The van der Waals surface area contributed by atoms with E-state index < -0.39 is 17.6 Å². The Bertz CT molecular complexity index is 784. The number of hydrogen-bond donors (Lipinski definition) is 2. The zero-order chi connectivity index (χ0) is 18.4. The Morgan fingerprint density at radius 2 is 1.52 bits per heavy atom. The molecule has 130 valence electrons. The van der Waals surface area contributed by atoms with E-state index in [1.807, 2.05) is 0 Å². The Morgan fingerprint density at radius 1 is 0.960 bits per heavy atom. The molecule has 0 saturated carbocycles. The van der Waals surface area contributed by atoms with E-state index in [4.69, 9.17) is 0 Å². The molecule has 2 rings (SSSR count). The van der Waals surface area contributed by atoms with Crippen LogP contribution in [0.1, 0.15) is 26.3 Å². The van der Waals surface area contributed by atoms with Crippen LogP contribution in [0.2, 0.25) is 0 Å². The van der Waals surface area contributed by atoms with Crippen molar-refractivity contribution in [2.75, 3.05) is 11.9 Å². The highest BCUT2D eigenvalue weighted by atomic mass is 19.4. The molecule has 0 aliphatic rings. The minimum atomic E-state index is -4.57. The second kappa shape index (κ2) is 7.65. The Labute approximate surface area is 142 Å². The van der Waals surface area contributed by atoms with Gasteiger partial charge in [-0.2, -0.15) is 13.2 Å². The number of rotatable bonds is 5. The predicted molar refractivity (Wildman–Crippen MR) is 88.4 cm³/mol. The largest absolute Gasteiger partial charge is 0.418 e. The molecule has 7 heteroatoms. The third-order valence-corrected chi connectivity index (χ3v) is 3.30. The summed E-state index contributed by atoms with van der Waals surface area (Å²) >= 11 is 0. The topological polar surface area (TPSA) is 58.2 Å². The van der Waals surface area contributed by atoms with Gasteiger partial charge < -0.3 is 10.6 Å². The summed E-state index contributed by atoms with van der Waals surface area (Å²) in [5, 5.41) is 4.82. The fourth-order valence-electron chi connectivity index (χ4n) is 2.07. The average molecular weight is 348 g/mol. The summed E-state index contributed by atoms with van der Waals surface area (Å²) < 4.78 is 38.8. The summed E-state index contributed by atoms with van der Waals surface area (Å²) in [6.07, 6.45) is -3.05. The van der Waals surface area contributed by atoms with Crippen molar-refractivity contribution in [1.29, 1.82) is 0 Å². The maximum atomic E-state index is 12.9. The van der Waals surface area contributed by atoms with E-state index in [2.05, 4.69) is 17.2 Å². The first kappa shape index (κ1) is 18.3. The summed E-state index contributed by atoms with van der Waals surface area (Å²) in [6.45, 7) is 3.78. The Balaban J connectivity index is 2.15. The lowest BCUT2D eigenvalue weighted by molar-refractivity contribution is -0.136. The van der Waals surface area contributed by atoms with Crippen molar-refractivity contribution in [3.8, 4) is 0 Å². The number of nitrogens with one attached hydrogen (secondary N) is 2. The normalized spacial score (nSPS) is 10.8. The van der Waals surface area contributed by atoms with Gasteiger partial charge in [-0.15, -0.1) is 6.58 Å². The zero-order valence-corrected chi connectivity index (χ0v) is 13.1. The van der Waals surface area contributed by atoms with Crippen LogP contribution in [-0.4, -0.2) is 18.4 Å². The third-order valence-electron chi connectivity index (χ3n) is 3.30. The van der Waals surface area contributed by atoms with Crippen molar-refractivity contribution in [2.45, 2.75) is 6.18 Å². The van der Waals surface area contributed by atoms with Gasteiger partial charge in [0.05, 0.1) is 11.3 Å². The van der Waals surface area contributed by atoms with Crippen molar-refractivity contribution in [1.82, 2.24) is 5.32 Å². The second-order valence-electron chi connectivity index (χ2n) is 5.07. The first-order chi connectivity index (χ1) is 11.8. The summed E-state index contributed by atoms with van der Waals surface area (Å²) in [6, 6.07) is 10.3. The lowest BCUT2D eigenvalue weighted by Crippen LogP contribution is -2.23. The SMILES string of the molecule is C=CCNC(=O)c1ccc(C(=O)Nc2ccccc2C(F)(F)F)cc1. The van der Waals surface area contributed by atoms with E-state index in [0.29, 0.717) is 12.1 Å². The van der Waals surface area contributed by atoms with Crippen molar-refractivity contribution < 1.29 is 22.8 Å². The Hall–Kier alpha value is -3.09. The third kappa shape index (κ3) is 4.69. The van der Waals surface area contributed by atoms with Gasteiger partial charge in [0.2, 0.25) is 0 Å². The van der Waals surface area contributed by atoms with Gasteiger partial charge in [-0.3, -0.25) is 9.59 Å². The lowest BCUT2D eigenvalue weighted by Gasteiger charge is -2.13. The molecule has 0 unspecified atom stereocenters. The van der Waals surface area contributed by atoms with Crippen LogP contribution in [0.15, 0.2) is 61.2 Å². The maximum absolute atomic E-state index is 12.9. The molecular formula is C18H15F3N2O2. The van der Waals surface area contributed by atoms with E-state index in [1.54, 1.807) is 0 Å². The molecule has 0 heterocycles. The van der Waals surface area contributed by atoms with Gasteiger partial charge in [0, 0.05) is 17.7 Å². The lowest BCUT2D eigenvalue weighted by atomic mass is 10.1. The molecule has 0 atom stereocenters. The molecule has 0 bridgehead atoms. The van der Waals surface area contributed by atoms with Gasteiger partial charge in [0.15, 0.2) is 0 Å². The van der Waals surface area contributed by atoms with Crippen molar-refractivity contribution >= 4 is 17.5 Å². The Morgan fingerprint density at radius 3 is 2.08 bits per heavy atom. The molecule has 2 aromatic carbocycles. The van der Waals surface area contributed by atoms with Crippen LogP contribution in [0.5, 0.6) is 0 Å². The zero-order valence-electron chi connectivity index (χ0n) is 13.1. The predicted octanol–water partition coefficient (Wildman–Crippen LogP) is 3.87. The minimum absolute atomic E-state index is 0.136. The smallest absolute Gasteiger partial charge is 0.349 e. The number of carbonyl (C=O) groups is 2. The standard InChI is InChI=1S/C18H15F3N2O2/c1-2-11-22-16(24)12-7-9-13(10-8-12)17(25)23-15-6-4-3-5-14(15)18(19,20)21/h2-10H,1,11H2,(H,22,24)(H,23,25). The summed E-state index contributed by atoms with van der Waals surface area (Å²) in [7, 11) is 0. The van der Waals surface area contributed by atoms with Crippen LogP contribution in [-0.2, 0) is 6.18 Å². The number of hydrogen-bond acceptors (Lipinski definition) is 2. The number of alkyl halides is 3. The number of halogens is 3. The molecular weight excluding hydrogens is 333 g/mol.